The van der Waals surface area contributed by atoms with Gasteiger partial charge in [0, 0.05) is 18.5 Å². The van der Waals surface area contributed by atoms with Crippen LogP contribution in [0, 0.1) is 0 Å². The maximum absolute atomic E-state index is 12.1. The zero-order valence-electron chi connectivity index (χ0n) is 13.3. The van der Waals surface area contributed by atoms with E-state index in [1.165, 1.54) is 6.07 Å². The van der Waals surface area contributed by atoms with Crippen molar-refractivity contribution in [2.24, 2.45) is 0 Å². The molecule has 1 heterocycles. The first kappa shape index (κ1) is 16.7. The number of hydrogen-bond donors (Lipinski definition) is 2. The van der Waals surface area contributed by atoms with E-state index in [0.29, 0.717) is 18.5 Å². The Kier molecular flexibility index (Phi) is 5.51. The van der Waals surface area contributed by atoms with Crippen molar-refractivity contribution >= 4 is 11.9 Å². The maximum atomic E-state index is 12.1. The number of aromatic nitrogens is 1. The van der Waals surface area contributed by atoms with Crippen LogP contribution in [0.5, 0.6) is 0 Å². The van der Waals surface area contributed by atoms with Crippen molar-refractivity contribution < 1.29 is 19.2 Å². The normalized spacial score (nSPS) is 10.5. The van der Waals surface area contributed by atoms with Crippen LogP contribution in [0.3, 0.4) is 0 Å². The molecule has 1 aromatic carbocycles. The monoisotopic (exact) mass is 316 g/mol. The molecule has 2 aromatic rings. The lowest BCUT2D eigenvalue weighted by Gasteiger charge is -2.08. The third kappa shape index (κ3) is 3.97. The zero-order valence-corrected chi connectivity index (χ0v) is 13.3. The van der Waals surface area contributed by atoms with E-state index in [-0.39, 0.29) is 17.9 Å². The van der Waals surface area contributed by atoms with E-state index in [0.717, 1.165) is 23.4 Å². The quantitative estimate of drug-likeness (QED) is 0.818. The largest absolute Gasteiger partial charge is 0.478 e. The van der Waals surface area contributed by atoms with Gasteiger partial charge in [-0.3, -0.25) is 4.79 Å². The first-order valence-corrected chi connectivity index (χ1v) is 7.61. The Balaban J connectivity index is 2.04. The Bertz CT molecular complexity index is 685. The summed E-state index contributed by atoms with van der Waals surface area (Å²) < 4.78 is 5.26. The van der Waals surface area contributed by atoms with Crippen molar-refractivity contribution in [3.8, 4) is 0 Å². The molecule has 0 saturated heterocycles. The summed E-state index contributed by atoms with van der Waals surface area (Å²) >= 11 is 0. The fourth-order valence-electron chi connectivity index (χ4n) is 2.44. The van der Waals surface area contributed by atoms with Gasteiger partial charge in [0.1, 0.15) is 5.76 Å². The second-order valence-electron chi connectivity index (χ2n) is 5.15. The van der Waals surface area contributed by atoms with Crippen molar-refractivity contribution in [1.82, 2.24) is 10.5 Å². The van der Waals surface area contributed by atoms with Gasteiger partial charge in [-0.25, -0.2) is 4.79 Å². The van der Waals surface area contributed by atoms with E-state index in [1.807, 2.05) is 13.8 Å². The van der Waals surface area contributed by atoms with Crippen LogP contribution in [0.1, 0.15) is 46.8 Å². The number of carbonyl (C=O) groups excluding carboxylic acids is 1. The maximum Gasteiger partial charge on any atom is 0.335 e. The van der Waals surface area contributed by atoms with Crippen LogP contribution in [0.15, 0.2) is 28.8 Å². The molecule has 1 amide bonds. The van der Waals surface area contributed by atoms with Gasteiger partial charge in [-0.1, -0.05) is 37.2 Å². The number of carbonyl (C=O) groups is 2. The van der Waals surface area contributed by atoms with Crippen LogP contribution in [0.4, 0.5) is 0 Å². The molecule has 2 N–H and O–H groups in total. The average molecular weight is 316 g/mol. The molecule has 0 aliphatic heterocycles. The smallest absolute Gasteiger partial charge is 0.335 e. The molecule has 0 fully saturated rings. The van der Waals surface area contributed by atoms with Gasteiger partial charge >= 0.3 is 5.97 Å². The first-order chi connectivity index (χ1) is 11.1. The van der Waals surface area contributed by atoms with Gasteiger partial charge in [0.25, 0.3) is 0 Å². The highest BCUT2D eigenvalue weighted by Crippen LogP contribution is 2.16. The molecule has 0 bridgehead atoms. The molecule has 0 atom stereocenters. The highest BCUT2D eigenvalue weighted by molar-refractivity contribution is 5.91. The van der Waals surface area contributed by atoms with Gasteiger partial charge in [-0.15, -0.1) is 0 Å². The Morgan fingerprint density at radius 2 is 1.96 bits per heavy atom. The van der Waals surface area contributed by atoms with Crippen molar-refractivity contribution in [3.63, 3.8) is 0 Å². The minimum absolute atomic E-state index is 0.0245. The molecule has 122 valence electrons. The molecule has 0 saturated carbocycles. The Hall–Kier alpha value is -2.63. The second-order valence-corrected chi connectivity index (χ2v) is 5.15. The number of aromatic carboxylic acids is 1. The number of nitrogens with one attached hydrogen (secondary N) is 1. The van der Waals surface area contributed by atoms with Crippen molar-refractivity contribution in [3.05, 3.63) is 52.4 Å². The number of carboxylic acids is 1. The van der Waals surface area contributed by atoms with Gasteiger partial charge < -0.3 is 14.9 Å². The van der Waals surface area contributed by atoms with Gasteiger partial charge in [0.15, 0.2) is 0 Å². The first-order valence-electron chi connectivity index (χ1n) is 7.61. The summed E-state index contributed by atoms with van der Waals surface area (Å²) in [5.41, 5.74) is 2.40. The fourth-order valence-corrected chi connectivity index (χ4v) is 2.44. The standard InChI is InChI=1S/C17H20N2O4/c1-3-14-13(15(4-2)23-19-14)10-18-16(20)9-11-7-5-6-8-12(11)17(21)22/h5-8H,3-4,9-10H2,1-2H3,(H,18,20)(H,21,22). The lowest BCUT2D eigenvalue weighted by molar-refractivity contribution is -0.120. The molecule has 23 heavy (non-hydrogen) atoms. The molecule has 6 heteroatoms. The summed E-state index contributed by atoms with van der Waals surface area (Å²) in [5, 5.41) is 16.0. The Morgan fingerprint density at radius 3 is 2.61 bits per heavy atom. The van der Waals surface area contributed by atoms with Crippen LogP contribution in [-0.2, 0) is 30.6 Å². The van der Waals surface area contributed by atoms with Gasteiger partial charge in [-0.05, 0) is 18.1 Å². The van der Waals surface area contributed by atoms with Gasteiger partial charge in [0.2, 0.25) is 5.91 Å². The molecular formula is C17H20N2O4. The van der Waals surface area contributed by atoms with E-state index in [2.05, 4.69) is 10.5 Å². The number of hydrogen-bond acceptors (Lipinski definition) is 4. The summed E-state index contributed by atoms with van der Waals surface area (Å²) in [4.78, 5) is 23.3. The summed E-state index contributed by atoms with van der Waals surface area (Å²) in [6, 6.07) is 6.51. The summed E-state index contributed by atoms with van der Waals surface area (Å²) in [6.45, 7) is 4.28. The van der Waals surface area contributed by atoms with Crippen LogP contribution in [0.2, 0.25) is 0 Å². The molecule has 0 unspecified atom stereocenters. The molecular weight excluding hydrogens is 296 g/mol. The molecule has 0 spiro atoms. The van der Waals surface area contributed by atoms with E-state index in [9.17, 15) is 9.59 Å². The van der Waals surface area contributed by atoms with Crippen molar-refractivity contribution in [1.29, 1.82) is 0 Å². The fraction of sp³-hybridized carbons (Fsp3) is 0.353. The van der Waals surface area contributed by atoms with Crippen LogP contribution in [0.25, 0.3) is 0 Å². The number of amides is 1. The SMILES string of the molecule is CCc1noc(CC)c1CNC(=O)Cc1ccccc1C(=O)O. The van der Waals surface area contributed by atoms with E-state index < -0.39 is 5.97 Å². The lowest BCUT2D eigenvalue weighted by Crippen LogP contribution is -2.26. The van der Waals surface area contributed by atoms with Gasteiger partial charge in [-0.2, -0.15) is 0 Å². The molecule has 0 aliphatic carbocycles. The molecule has 2 rings (SSSR count). The lowest BCUT2D eigenvalue weighted by atomic mass is 10.0. The van der Waals surface area contributed by atoms with E-state index in [4.69, 9.17) is 9.63 Å². The number of benzene rings is 1. The third-order valence-electron chi connectivity index (χ3n) is 3.67. The molecule has 0 radical (unpaired) electrons. The van der Waals surface area contributed by atoms with E-state index in [1.54, 1.807) is 18.2 Å². The topological polar surface area (TPSA) is 92.4 Å². The predicted octanol–water partition coefficient (Wildman–Crippen LogP) is 2.36. The minimum Gasteiger partial charge on any atom is -0.478 e. The summed E-state index contributed by atoms with van der Waals surface area (Å²) in [6.07, 6.45) is 1.47. The number of rotatable bonds is 7. The van der Waals surface area contributed by atoms with Gasteiger partial charge in [0.05, 0.1) is 17.7 Å². The number of nitrogens with zero attached hydrogens (tertiary/aromatic N) is 1. The molecule has 6 nitrogen and oxygen atoms in total. The Morgan fingerprint density at radius 1 is 1.22 bits per heavy atom. The Labute approximate surface area is 134 Å². The van der Waals surface area contributed by atoms with Crippen LogP contribution >= 0.6 is 0 Å². The van der Waals surface area contributed by atoms with Crippen LogP contribution in [-0.4, -0.2) is 22.1 Å². The summed E-state index contributed by atoms with van der Waals surface area (Å²) in [5.74, 6) is -0.494. The predicted molar refractivity (Wildman–Crippen MR) is 84.2 cm³/mol. The van der Waals surface area contributed by atoms with Crippen molar-refractivity contribution in [2.45, 2.75) is 39.7 Å². The molecule has 0 aliphatic rings. The van der Waals surface area contributed by atoms with Crippen molar-refractivity contribution in [2.75, 3.05) is 0 Å². The highest BCUT2D eigenvalue weighted by Gasteiger charge is 2.16. The number of carboxylic acid groups (broad SMARTS) is 1. The van der Waals surface area contributed by atoms with Crippen LogP contribution < -0.4 is 5.32 Å². The molecule has 1 aromatic heterocycles. The number of aryl methyl sites for hydroxylation is 2. The zero-order chi connectivity index (χ0) is 16.8. The third-order valence-corrected chi connectivity index (χ3v) is 3.67. The second kappa shape index (κ2) is 7.58. The van der Waals surface area contributed by atoms with E-state index >= 15 is 0 Å². The average Bonchev–Trinajstić information content (AvgIpc) is 2.95. The minimum atomic E-state index is -1.03. The highest BCUT2D eigenvalue weighted by atomic mass is 16.5. The summed E-state index contributed by atoms with van der Waals surface area (Å²) in [7, 11) is 0.